The molecule has 3 rings (SSSR count). The first-order valence-corrected chi connectivity index (χ1v) is 7.36. The van der Waals surface area contributed by atoms with Crippen molar-refractivity contribution < 1.29 is 9.32 Å². The number of aromatic nitrogens is 2. The van der Waals surface area contributed by atoms with E-state index in [1.165, 1.54) is 12.8 Å². The zero-order valence-electron chi connectivity index (χ0n) is 11.5. The van der Waals surface area contributed by atoms with Gasteiger partial charge in [0.25, 0.3) is 0 Å². The molecule has 1 saturated carbocycles. The smallest absolute Gasteiger partial charge is 0.226 e. The number of likely N-dealkylation sites (tertiary alicyclic amines) is 1. The van der Waals surface area contributed by atoms with Crippen LogP contribution in [0.15, 0.2) is 4.52 Å². The molecule has 2 fully saturated rings. The molecule has 104 valence electrons. The predicted molar refractivity (Wildman–Crippen MR) is 69.6 cm³/mol. The first-order valence-electron chi connectivity index (χ1n) is 7.36. The van der Waals surface area contributed by atoms with Crippen molar-refractivity contribution in [1.82, 2.24) is 15.0 Å². The van der Waals surface area contributed by atoms with Crippen LogP contribution in [-0.2, 0) is 11.2 Å². The first kappa shape index (κ1) is 12.6. The summed E-state index contributed by atoms with van der Waals surface area (Å²) in [6.07, 6.45) is 6.03. The largest absolute Gasteiger partial charge is 0.342 e. The second-order valence-electron chi connectivity index (χ2n) is 5.73. The molecule has 0 spiro atoms. The fraction of sp³-hybridized carbons (Fsp3) is 0.786. The van der Waals surface area contributed by atoms with E-state index in [1.54, 1.807) is 0 Å². The third kappa shape index (κ3) is 2.96. The number of hydrogen-bond donors (Lipinski definition) is 0. The van der Waals surface area contributed by atoms with Crippen LogP contribution >= 0.6 is 0 Å². The third-order valence-electron chi connectivity index (χ3n) is 4.06. The predicted octanol–water partition coefficient (Wildman–Crippen LogP) is 2.14. The van der Waals surface area contributed by atoms with Crippen molar-refractivity contribution in [2.24, 2.45) is 5.92 Å². The molecule has 1 aliphatic heterocycles. The molecule has 2 heterocycles. The monoisotopic (exact) mass is 263 g/mol. The van der Waals surface area contributed by atoms with Crippen LogP contribution in [0.2, 0.25) is 0 Å². The molecule has 1 aromatic heterocycles. The van der Waals surface area contributed by atoms with Gasteiger partial charge in [-0.3, -0.25) is 4.79 Å². The highest BCUT2D eigenvalue weighted by molar-refractivity contribution is 5.75. The number of hydrogen-bond acceptors (Lipinski definition) is 4. The number of piperidine rings is 1. The topological polar surface area (TPSA) is 59.2 Å². The average Bonchev–Trinajstić information content (AvgIpc) is 3.19. The minimum Gasteiger partial charge on any atom is -0.342 e. The molecule has 1 saturated heterocycles. The van der Waals surface area contributed by atoms with Gasteiger partial charge < -0.3 is 9.42 Å². The van der Waals surface area contributed by atoms with Crippen molar-refractivity contribution >= 4 is 5.91 Å². The summed E-state index contributed by atoms with van der Waals surface area (Å²) in [5.41, 5.74) is 0. The van der Waals surface area contributed by atoms with Crippen molar-refractivity contribution in [3.05, 3.63) is 11.7 Å². The molecule has 19 heavy (non-hydrogen) atoms. The van der Waals surface area contributed by atoms with Crippen LogP contribution in [0.1, 0.15) is 56.7 Å². The van der Waals surface area contributed by atoms with Gasteiger partial charge in [-0.25, -0.2) is 0 Å². The van der Waals surface area contributed by atoms with Gasteiger partial charge in [-0.05, 0) is 31.6 Å². The highest BCUT2D eigenvalue weighted by Gasteiger charge is 2.30. The zero-order chi connectivity index (χ0) is 13.2. The fourth-order valence-corrected chi connectivity index (χ4v) is 2.79. The molecule has 1 aromatic rings. The summed E-state index contributed by atoms with van der Waals surface area (Å²) >= 11 is 0. The first-order chi connectivity index (χ1) is 9.26. The van der Waals surface area contributed by atoms with Gasteiger partial charge in [0.2, 0.25) is 11.8 Å². The summed E-state index contributed by atoms with van der Waals surface area (Å²) < 4.78 is 5.33. The standard InChI is InChI=1S/C14H21N3O2/c1-2-13(18)17-7-3-4-10(9-17)8-12-15-14(16-19-12)11-5-6-11/h10-11H,2-9H2,1H3. The lowest BCUT2D eigenvalue weighted by Crippen LogP contribution is -2.40. The Hall–Kier alpha value is -1.39. The Balaban J connectivity index is 1.57. The quantitative estimate of drug-likeness (QED) is 0.835. The molecule has 0 N–H and O–H groups in total. The maximum Gasteiger partial charge on any atom is 0.226 e. The van der Waals surface area contributed by atoms with Crippen LogP contribution in [-0.4, -0.2) is 34.0 Å². The van der Waals surface area contributed by atoms with E-state index in [1.807, 2.05) is 11.8 Å². The SMILES string of the molecule is CCC(=O)N1CCCC(Cc2nc(C3CC3)no2)C1. The molecule has 0 bridgehead atoms. The number of carbonyl (C=O) groups excluding carboxylic acids is 1. The summed E-state index contributed by atoms with van der Waals surface area (Å²) in [7, 11) is 0. The van der Waals surface area contributed by atoms with E-state index >= 15 is 0 Å². The van der Waals surface area contributed by atoms with Gasteiger partial charge in [-0.1, -0.05) is 12.1 Å². The summed E-state index contributed by atoms with van der Waals surface area (Å²) in [6, 6.07) is 0. The summed E-state index contributed by atoms with van der Waals surface area (Å²) in [5.74, 6) is 2.90. The van der Waals surface area contributed by atoms with E-state index in [0.717, 1.165) is 44.1 Å². The molecule has 1 atom stereocenters. The van der Waals surface area contributed by atoms with Crippen molar-refractivity contribution in [3.8, 4) is 0 Å². The Morgan fingerprint density at radius 3 is 3.00 bits per heavy atom. The molecule has 5 nitrogen and oxygen atoms in total. The van der Waals surface area contributed by atoms with Crippen LogP contribution in [0.3, 0.4) is 0 Å². The van der Waals surface area contributed by atoms with Gasteiger partial charge in [0.05, 0.1) is 0 Å². The van der Waals surface area contributed by atoms with Gasteiger partial charge >= 0.3 is 0 Å². The van der Waals surface area contributed by atoms with Gasteiger partial charge in [-0.15, -0.1) is 0 Å². The molecule has 1 amide bonds. The van der Waals surface area contributed by atoms with Crippen LogP contribution in [0.4, 0.5) is 0 Å². The second-order valence-corrected chi connectivity index (χ2v) is 5.73. The number of nitrogens with zero attached hydrogens (tertiary/aromatic N) is 3. The van der Waals surface area contributed by atoms with Crippen LogP contribution < -0.4 is 0 Å². The van der Waals surface area contributed by atoms with Crippen molar-refractivity contribution in [2.45, 2.75) is 51.4 Å². The van der Waals surface area contributed by atoms with Crippen molar-refractivity contribution in [1.29, 1.82) is 0 Å². The molecular weight excluding hydrogens is 242 g/mol. The van der Waals surface area contributed by atoms with Crippen LogP contribution in [0, 0.1) is 5.92 Å². The normalized spacial score (nSPS) is 23.6. The summed E-state index contributed by atoms with van der Waals surface area (Å²) in [6.45, 7) is 3.67. The molecule has 2 aliphatic rings. The van der Waals surface area contributed by atoms with Gasteiger partial charge in [0, 0.05) is 31.8 Å². The van der Waals surface area contributed by atoms with E-state index < -0.39 is 0 Å². The van der Waals surface area contributed by atoms with Crippen molar-refractivity contribution in [2.75, 3.05) is 13.1 Å². The van der Waals surface area contributed by atoms with Gasteiger partial charge in [0.1, 0.15) is 0 Å². The van der Waals surface area contributed by atoms with Gasteiger partial charge in [-0.2, -0.15) is 4.98 Å². The lowest BCUT2D eigenvalue weighted by molar-refractivity contribution is -0.132. The molecule has 5 heteroatoms. The van der Waals surface area contributed by atoms with Gasteiger partial charge in [0.15, 0.2) is 5.82 Å². The lowest BCUT2D eigenvalue weighted by atomic mass is 9.94. The van der Waals surface area contributed by atoms with E-state index in [0.29, 0.717) is 18.3 Å². The fourth-order valence-electron chi connectivity index (χ4n) is 2.79. The molecule has 1 aliphatic carbocycles. The Bertz CT molecular complexity index is 453. The second kappa shape index (κ2) is 5.31. The summed E-state index contributed by atoms with van der Waals surface area (Å²) in [4.78, 5) is 18.2. The highest BCUT2D eigenvalue weighted by Crippen LogP contribution is 2.38. The van der Waals surface area contributed by atoms with Crippen LogP contribution in [0.25, 0.3) is 0 Å². The minimum atomic E-state index is 0.258. The molecule has 0 radical (unpaired) electrons. The minimum absolute atomic E-state index is 0.258. The van der Waals surface area contributed by atoms with E-state index in [9.17, 15) is 4.79 Å². The van der Waals surface area contributed by atoms with E-state index in [2.05, 4.69) is 10.1 Å². The summed E-state index contributed by atoms with van der Waals surface area (Å²) in [5, 5.41) is 4.05. The number of rotatable bonds is 4. The highest BCUT2D eigenvalue weighted by atomic mass is 16.5. The Morgan fingerprint density at radius 2 is 2.26 bits per heavy atom. The molecule has 1 unspecified atom stereocenters. The maximum atomic E-state index is 11.7. The lowest BCUT2D eigenvalue weighted by Gasteiger charge is -2.32. The number of amides is 1. The molecular formula is C14H21N3O2. The Kier molecular flexibility index (Phi) is 3.53. The van der Waals surface area contributed by atoms with Crippen LogP contribution in [0.5, 0.6) is 0 Å². The zero-order valence-corrected chi connectivity index (χ0v) is 11.5. The van der Waals surface area contributed by atoms with E-state index in [4.69, 9.17) is 4.52 Å². The van der Waals surface area contributed by atoms with E-state index in [-0.39, 0.29) is 5.91 Å². The maximum absolute atomic E-state index is 11.7. The Morgan fingerprint density at radius 1 is 1.42 bits per heavy atom. The average molecular weight is 263 g/mol. The molecule has 0 aromatic carbocycles. The van der Waals surface area contributed by atoms with Crippen molar-refractivity contribution in [3.63, 3.8) is 0 Å². The third-order valence-corrected chi connectivity index (χ3v) is 4.06. The Labute approximate surface area is 113 Å². The number of carbonyl (C=O) groups is 1.